The Morgan fingerprint density at radius 2 is 2.00 bits per heavy atom. The quantitative estimate of drug-likeness (QED) is 0.655. The summed E-state index contributed by atoms with van der Waals surface area (Å²) >= 11 is 0. The van der Waals surface area contributed by atoms with Crippen molar-refractivity contribution < 1.29 is 62.7 Å². The Balaban J connectivity index is 0.000001000. The third-order valence-electron chi connectivity index (χ3n) is 2.98. The summed E-state index contributed by atoms with van der Waals surface area (Å²) in [5, 5.41) is 8.94. The SMILES string of the molecule is O=C(O)c1cc2c(ccn2Cc2ccccc2)[nH]1.[H-].[K+]. The second-order valence-electron chi connectivity index (χ2n) is 4.22. The molecular formula is C14H13KN2O2. The van der Waals surface area contributed by atoms with E-state index in [1.807, 2.05) is 35.0 Å². The Bertz CT molecular complexity index is 706. The third kappa shape index (κ3) is 3.01. The summed E-state index contributed by atoms with van der Waals surface area (Å²) in [5.74, 6) is -0.933. The van der Waals surface area contributed by atoms with Crippen LogP contribution in [0.3, 0.4) is 0 Å². The zero-order valence-corrected chi connectivity index (χ0v) is 13.8. The summed E-state index contributed by atoms with van der Waals surface area (Å²) in [6, 6.07) is 13.6. The number of nitrogens with one attached hydrogen (secondary N) is 1. The van der Waals surface area contributed by atoms with Crippen molar-refractivity contribution in [2.75, 3.05) is 0 Å². The number of aromatic amines is 1. The summed E-state index contributed by atoms with van der Waals surface area (Å²) in [5.41, 5.74) is 3.18. The largest absolute Gasteiger partial charge is 1.00 e. The van der Waals surface area contributed by atoms with Gasteiger partial charge in [0.15, 0.2) is 0 Å². The fourth-order valence-corrected chi connectivity index (χ4v) is 2.10. The Morgan fingerprint density at radius 3 is 2.68 bits per heavy atom. The van der Waals surface area contributed by atoms with E-state index in [0.29, 0.717) is 0 Å². The molecule has 0 unspecified atom stereocenters. The van der Waals surface area contributed by atoms with Gasteiger partial charge in [0.1, 0.15) is 5.69 Å². The van der Waals surface area contributed by atoms with Crippen molar-refractivity contribution in [1.82, 2.24) is 9.55 Å². The first-order valence-corrected chi connectivity index (χ1v) is 5.69. The number of carboxylic acids is 1. The van der Waals surface area contributed by atoms with Gasteiger partial charge in [-0.15, -0.1) is 0 Å². The molecule has 0 saturated heterocycles. The molecule has 19 heavy (non-hydrogen) atoms. The summed E-state index contributed by atoms with van der Waals surface area (Å²) in [4.78, 5) is 13.8. The maximum Gasteiger partial charge on any atom is 1.00 e. The van der Waals surface area contributed by atoms with Crippen molar-refractivity contribution in [3.63, 3.8) is 0 Å². The van der Waals surface area contributed by atoms with E-state index >= 15 is 0 Å². The van der Waals surface area contributed by atoms with Crippen molar-refractivity contribution in [2.24, 2.45) is 0 Å². The summed E-state index contributed by atoms with van der Waals surface area (Å²) in [7, 11) is 0. The fourth-order valence-electron chi connectivity index (χ4n) is 2.10. The number of fused-ring (bicyclic) bond motifs is 1. The first-order valence-electron chi connectivity index (χ1n) is 5.69. The molecule has 92 valence electrons. The number of benzene rings is 1. The predicted octanol–water partition coefficient (Wildman–Crippen LogP) is -0.168. The van der Waals surface area contributed by atoms with Gasteiger partial charge in [-0.05, 0) is 17.7 Å². The number of rotatable bonds is 3. The second-order valence-corrected chi connectivity index (χ2v) is 4.22. The van der Waals surface area contributed by atoms with Gasteiger partial charge in [0.25, 0.3) is 0 Å². The summed E-state index contributed by atoms with van der Waals surface area (Å²) in [6.45, 7) is 0.737. The van der Waals surface area contributed by atoms with E-state index in [0.717, 1.165) is 17.6 Å². The number of carboxylic acid groups (broad SMARTS) is 1. The van der Waals surface area contributed by atoms with Crippen molar-refractivity contribution in [1.29, 1.82) is 0 Å². The van der Waals surface area contributed by atoms with Gasteiger partial charge in [0.05, 0.1) is 11.0 Å². The van der Waals surface area contributed by atoms with E-state index < -0.39 is 5.97 Å². The van der Waals surface area contributed by atoms with E-state index in [1.165, 1.54) is 5.56 Å². The summed E-state index contributed by atoms with van der Waals surface area (Å²) < 4.78 is 2.04. The van der Waals surface area contributed by atoms with E-state index in [9.17, 15) is 4.79 Å². The van der Waals surface area contributed by atoms with Crippen LogP contribution in [0.5, 0.6) is 0 Å². The number of hydrogen-bond donors (Lipinski definition) is 2. The van der Waals surface area contributed by atoms with E-state index in [1.54, 1.807) is 6.07 Å². The van der Waals surface area contributed by atoms with Crippen molar-refractivity contribution in [2.45, 2.75) is 6.54 Å². The van der Waals surface area contributed by atoms with Gasteiger partial charge in [-0.3, -0.25) is 0 Å². The maximum atomic E-state index is 10.9. The number of aromatic carboxylic acids is 1. The van der Waals surface area contributed by atoms with Crippen LogP contribution in [-0.2, 0) is 6.54 Å². The van der Waals surface area contributed by atoms with Crippen molar-refractivity contribution in [3.05, 3.63) is 59.9 Å². The van der Waals surface area contributed by atoms with Gasteiger partial charge < -0.3 is 16.1 Å². The van der Waals surface area contributed by atoms with Crippen LogP contribution in [0.15, 0.2) is 48.7 Å². The average Bonchev–Trinajstić information content (AvgIpc) is 2.93. The van der Waals surface area contributed by atoms with E-state index in [4.69, 9.17) is 5.11 Å². The van der Waals surface area contributed by atoms with Crippen LogP contribution in [-0.4, -0.2) is 20.6 Å². The van der Waals surface area contributed by atoms with Crippen LogP contribution in [0.2, 0.25) is 0 Å². The van der Waals surface area contributed by atoms with Gasteiger partial charge in [-0.25, -0.2) is 4.79 Å². The molecule has 0 saturated carbocycles. The molecular weight excluding hydrogens is 267 g/mol. The molecule has 2 aromatic heterocycles. The molecule has 5 heteroatoms. The molecule has 3 aromatic rings. The molecule has 0 fully saturated rings. The monoisotopic (exact) mass is 280 g/mol. The zero-order chi connectivity index (χ0) is 12.5. The third-order valence-corrected chi connectivity index (χ3v) is 2.98. The van der Waals surface area contributed by atoms with Crippen LogP contribution in [0.1, 0.15) is 17.5 Å². The predicted molar refractivity (Wildman–Crippen MR) is 69.9 cm³/mol. The van der Waals surface area contributed by atoms with E-state index in [-0.39, 0.29) is 58.5 Å². The number of aromatic nitrogens is 2. The fraction of sp³-hybridized carbons (Fsp3) is 0.0714. The van der Waals surface area contributed by atoms with Crippen LogP contribution in [0, 0.1) is 0 Å². The molecule has 0 amide bonds. The van der Waals surface area contributed by atoms with Crippen molar-refractivity contribution >= 4 is 17.0 Å². The van der Waals surface area contributed by atoms with Gasteiger partial charge in [0, 0.05) is 12.7 Å². The smallest absolute Gasteiger partial charge is 1.00 e. The van der Waals surface area contributed by atoms with E-state index in [2.05, 4.69) is 17.1 Å². The molecule has 3 rings (SSSR count). The Labute approximate surface area is 154 Å². The Morgan fingerprint density at radius 1 is 1.26 bits per heavy atom. The maximum absolute atomic E-state index is 10.9. The molecule has 2 N–H and O–H groups in total. The topological polar surface area (TPSA) is 58.0 Å². The molecule has 0 aliphatic rings. The van der Waals surface area contributed by atoms with Crippen LogP contribution in [0.25, 0.3) is 11.0 Å². The normalized spacial score (nSPS) is 10.3. The Hall–Kier alpha value is -0.854. The van der Waals surface area contributed by atoms with Crippen LogP contribution >= 0.6 is 0 Å². The summed E-state index contributed by atoms with van der Waals surface area (Å²) in [6.07, 6.45) is 1.96. The molecule has 4 nitrogen and oxygen atoms in total. The molecule has 0 atom stereocenters. The number of hydrogen-bond acceptors (Lipinski definition) is 1. The van der Waals surface area contributed by atoms with Gasteiger partial charge in [-0.1, -0.05) is 30.3 Å². The first kappa shape index (κ1) is 14.6. The van der Waals surface area contributed by atoms with Crippen LogP contribution < -0.4 is 51.4 Å². The van der Waals surface area contributed by atoms with Crippen LogP contribution in [0.4, 0.5) is 0 Å². The molecule has 0 radical (unpaired) electrons. The van der Waals surface area contributed by atoms with Crippen molar-refractivity contribution in [3.8, 4) is 0 Å². The average molecular weight is 280 g/mol. The zero-order valence-electron chi connectivity index (χ0n) is 11.6. The molecule has 0 aliphatic carbocycles. The minimum absolute atomic E-state index is 0. The first-order chi connectivity index (χ1) is 8.74. The molecule has 0 spiro atoms. The minimum atomic E-state index is -0.933. The molecule has 0 bridgehead atoms. The number of carbonyl (C=O) groups is 1. The van der Waals surface area contributed by atoms with Gasteiger partial charge in [0.2, 0.25) is 0 Å². The van der Waals surface area contributed by atoms with Gasteiger partial charge in [-0.2, -0.15) is 0 Å². The molecule has 0 aliphatic heterocycles. The minimum Gasteiger partial charge on any atom is -1.00 e. The Kier molecular flexibility index (Phi) is 4.65. The second kappa shape index (κ2) is 6.07. The molecule has 2 heterocycles. The van der Waals surface area contributed by atoms with Gasteiger partial charge >= 0.3 is 57.4 Å². The number of nitrogens with zero attached hydrogens (tertiary/aromatic N) is 1. The standard InChI is InChI=1S/C14H12N2O2.K.H/c17-14(18)12-8-13-11(15-12)6-7-16(13)9-10-4-2-1-3-5-10;;/h1-8,15H,9H2,(H,17,18);;/q;+1;-1. The molecule has 1 aromatic carbocycles. The number of H-pyrrole nitrogens is 1.